The maximum atomic E-state index is 11.2. The van der Waals surface area contributed by atoms with Gasteiger partial charge in [-0.25, -0.2) is 0 Å². The minimum Gasteiger partial charge on any atom is -0.481 e. The van der Waals surface area contributed by atoms with Gasteiger partial charge in [0.15, 0.2) is 0 Å². The second kappa shape index (κ2) is 5.85. The van der Waals surface area contributed by atoms with Crippen LogP contribution in [0.2, 0.25) is 0 Å². The topological polar surface area (TPSA) is 83.5 Å². The first kappa shape index (κ1) is 12.2. The van der Waals surface area contributed by atoms with Gasteiger partial charge < -0.3 is 10.4 Å². The molecule has 86 valence electrons. The quantitative estimate of drug-likeness (QED) is 0.634. The predicted molar refractivity (Wildman–Crippen MR) is 55.9 cm³/mol. The highest BCUT2D eigenvalue weighted by Gasteiger charge is 2.21. The Bertz CT molecular complexity index is 275. The molecule has 0 aliphatic heterocycles. The summed E-state index contributed by atoms with van der Waals surface area (Å²) < 4.78 is 11.2. The smallest absolute Gasteiger partial charge is 0.304 e. The van der Waals surface area contributed by atoms with E-state index in [-0.39, 0.29) is 23.8 Å². The SMILES string of the molecule is O=C(O)CCS(=O)CC(=O)NCC1CC1. The van der Waals surface area contributed by atoms with Crippen molar-refractivity contribution in [2.75, 3.05) is 18.1 Å². The van der Waals surface area contributed by atoms with E-state index >= 15 is 0 Å². The Kier molecular flexibility index (Phi) is 4.74. The Morgan fingerprint density at radius 2 is 2.07 bits per heavy atom. The van der Waals surface area contributed by atoms with Crippen molar-refractivity contribution in [3.63, 3.8) is 0 Å². The van der Waals surface area contributed by atoms with Crippen molar-refractivity contribution in [2.24, 2.45) is 5.92 Å². The third-order valence-corrected chi connectivity index (χ3v) is 3.36. The number of nitrogens with one attached hydrogen (secondary N) is 1. The van der Waals surface area contributed by atoms with Gasteiger partial charge in [0.05, 0.1) is 6.42 Å². The number of rotatable bonds is 7. The molecule has 1 fully saturated rings. The van der Waals surface area contributed by atoms with Crippen molar-refractivity contribution in [3.8, 4) is 0 Å². The minimum atomic E-state index is -1.36. The van der Waals surface area contributed by atoms with Crippen molar-refractivity contribution >= 4 is 22.7 Å². The largest absolute Gasteiger partial charge is 0.481 e. The molecule has 1 atom stereocenters. The first-order valence-corrected chi connectivity index (χ1v) is 6.40. The van der Waals surface area contributed by atoms with Crippen LogP contribution in [-0.4, -0.2) is 39.2 Å². The Morgan fingerprint density at radius 1 is 1.40 bits per heavy atom. The third-order valence-electron chi connectivity index (χ3n) is 2.12. The van der Waals surface area contributed by atoms with Crippen molar-refractivity contribution in [3.05, 3.63) is 0 Å². The molecule has 1 saturated carbocycles. The van der Waals surface area contributed by atoms with Gasteiger partial charge in [0.25, 0.3) is 0 Å². The zero-order valence-corrected chi connectivity index (χ0v) is 9.22. The molecule has 0 aromatic heterocycles. The number of carboxylic acids is 1. The summed E-state index contributed by atoms with van der Waals surface area (Å²) in [6.45, 7) is 0.662. The van der Waals surface area contributed by atoms with E-state index in [4.69, 9.17) is 5.11 Å². The molecule has 5 nitrogen and oxygen atoms in total. The average molecular weight is 233 g/mol. The Balaban J connectivity index is 2.07. The second-order valence-corrected chi connectivity index (χ2v) is 5.26. The molecule has 1 aliphatic carbocycles. The normalized spacial score (nSPS) is 17.1. The summed E-state index contributed by atoms with van der Waals surface area (Å²) in [5.41, 5.74) is 0. The molecule has 6 heteroatoms. The third kappa shape index (κ3) is 6.22. The fraction of sp³-hybridized carbons (Fsp3) is 0.778. The molecule has 0 bridgehead atoms. The summed E-state index contributed by atoms with van der Waals surface area (Å²) >= 11 is 0. The van der Waals surface area contributed by atoms with E-state index in [1.807, 2.05) is 0 Å². The number of hydrogen-bond acceptors (Lipinski definition) is 3. The molecule has 0 aromatic rings. The molecular weight excluding hydrogens is 218 g/mol. The lowest BCUT2D eigenvalue weighted by atomic mass is 10.4. The maximum absolute atomic E-state index is 11.2. The number of carboxylic acid groups (broad SMARTS) is 1. The number of amides is 1. The lowest BCUT2D eigenvalue weighted by Gasteiger charge is -2.03. The lowest BCUT2D eigenvalue weighted by molar-refractivity contribution is -0.136. The van der Waals surface area contributed by atoms with Gasteiger partial charge >= 0.3 is 5.97 Å². The molecular formula is C9H15NO4S. The van der Waals surface area contributed by atoms with Crippen LogP contribution < -0.4 is 5.32 Å². The Hall–Kier alpha value is -0.910. The van der Waals surface area contributed by atoms with E-state index in [1.54, 1.807) is 0 Å². The fourth-order valence-electron chi connectivity index (χ4n) is 1.05. The van der Waals surface area contributed by atoms with Crippen molar-refractivity contribution < 1.29 is 18.9 Å². The van der Waals surface area contributed by atoms with Crippen LogP contribution in [0.4, 0.5) is 0 Å². The fourth-order valence-corrected chi connectivity index (χ4v) is 1.99. The molecule has 2 N–H and O–H groups in total. The summed E-state index contributed by atoms with van der Waals surface area (Å²) in [6, 6.07) is 0. The van der Waals surface area contributed by atoms with Gasteiger partial charge in [-0.15, -0.1) is 0 Å². The molecule has 1 amide bonds. The number of aliphatic carboxylic acids is 1. The van der Waals surface area contributed by atoms with E-state index in [2.05, 4.69) is 5.32 Å². The van der Waals surface area contributed by atoms with Gasteiger partial charge in [0.1, 0.15) is 5.75 Å². The number of carbonyl (C=O) groups excluding carboxylic acids is 1. The summed E-state index contributed by atoms with van der Waals surface area (Å²) in [6.07, 6.45) is 2.16. The zero-order valence-electron chi connectivity index (χ0n) is 8.40. The average Bonchev–Trinajstić information content (AvgIpc) is 2.95. The maximum Gasteiger partial charge on any atom is 0.304 e. The van der Waals surface area contributed by atoms with Gasteiger partial charge in [0, 0.05) is 23.1 Å². The highest BCUT2D eigenvalue weighted by atomic mass is 32.2. The molecule has 0 radical (unpaired) electrons. The van der Waals surface area contributed by atoms with Crippen LogP contribution in [-0.2, 0) is 20.4 Å². The van der Waals surface area contributed by atoms with Gasteiger partial charge in [-0.3, -0.25) is 13.8 Å². The standard InChI is InChI=1S/C9H15NO4S/c11-8(10-5-7-1-2-7)6-15(14)4-3-9(12)13/h7H,1-6H2,(H,10,11)(H,12,13). The molecule has 0 aromatic carbocycles. The first-order valence-electron chi connectivity index (χ1n) is 4.91. The predicted octanol–water partition coefficient (Wildman–Crippen LogP) is -0.264. The molecule has 1 unspecified atom stereocenters. The second-order valence-electron chi connectivity index (χ2n) is 3.68. The molecule has 0 saturated heterocycles. The monoisotopic (exact) mass is 233 g/mol. The first-order chi connectivity index (χ1) is 7.08. The zero-order chi connectivity index (χ0) is 11.3. The number of carbonyl (C=O) groups is 2. The lowest BCUT2D eigenvalue weighted by Crippen LogP contribution is -2.30. The molecule has 0 spiro atoms. The molecule has 15 heavy (non-hydrogen) atoms. The summed E-state index contributed by atoms with van der Waals surface area (Å²) in [7, 11) is -1.36. The van der Waals surface area contributed by atoms with Crippen LogP contribution in [0.15, 0.2) is 0 Å². The van der Waals surface area contributed by atoms with Crippen molar-refractivity contribution in [1.82, 2.24) is 5.32 Å². The molecule has 1 rings (SSSR count). The van der Waals surface area contributed by atoms with Crippen LogP contribution in [0.1, 0.15) is 19.3 Å². The van der Waals surface area contributed by atoms with E-state index in [9.17, 15) is 13.8 Å². The van der Waals surface area contributed by atoms with Crippen LogP contribution >= 0.6 is 0 Å². The summed E-state index contributed by atoms with van der Waals surface area (Å²) in [4.78, 5) is 21.4. The number of hydrogen-bond donors (Lipinski definition) is 2. The van der Waals surface area contributed by atoms with Crippen molar-refractivity contribution in [1.29, 1.82) is 0 Å². The van der Waals surface area contributed by atoms with Crippen LogP contribution in [0.25, 0.3) is 0 Å². The van der Waals surface area contributed by atoms with E-state index < -0.39 is 16.8 Å². The summed E-state index contributed by atoms with van der Waals surface area (Å²) in [5, 5.41) is 11.0. The van der Waals surface area contributed by atoms with E-state index in [0.717, 1.165) is 12.8 Å². The van der Waals surface area contributed by atoms with Gasteiger partial charge in [-0.05, 0) is 18.8 Å². The highest BCUT2D eigenvalue weighted by molar-refractivity contribution is 7.85. The molecule has 0 heterocycles. The minimum absolute atomic E-state index is 0.0478. The van der Waals surface area contributed by atoms with Crippen LogP contribution in [0.3, 0.4) is 0 Å². The van der Waals surface area contributed by atoms with Crippen LogP contribution in [0.5, 0.6) is 0 Å². The van der Waals surface area contributed by atoms with Crippen LogP contribution in [0, 0.1) is 5.92 Å². The van der Waals surface area contributed by atoms with Gasteiger partial charge in [-0.2, -0.15) is 0 Å². The Morgan fingerprint density at radius 3 is 2.60 bits per heavy atom. The van der Waals surface area contributed by atoms with E-state index in [0.29, 0.717) is 12.5 Å². The highest BCUT2D eigenvalue weighted by Crippen LogP contribution is 2.27. The molecule has 1 aliphatic rings. The van der Waals surface area contributed by atoms with Gasteiger partial charge in [-0.1, -0.05) is 0 Å². The van der Waals surface area contributed by atoms with E-state index in [1.165, 1.54) is 0 Å². The Labute approximate surface area is 90.7 Å². The summed E-state index contributed by atoms with van der Waals surface area (Å²) in [5.74, 6) is -0.666. The van der Waals surface area contributed by atoms with Crippen molar-refractivity contribution in [2.45, 2.75) is 19.3 Å². The van der Waals surface area contributed by atoms with Gasteiger partial charge in [0.2, 0.25) is 5.91 Å².